The first kappa shape index (κ1) is 15.9. The van der Waals surface area contributed by atoms with Crippen molar-refractivity contribution in [2.24, 2.45) is 0 Å². The average Bonchev–Trinajstić information content (AvgIpc) is 2.98. The average molecular weight is 330 g/mol. The summed E-state index contributed by atoms with van der Waals surface area (Å²) in [5, 5.41) is 6.99. The van der Waals surface area contributed by atoms with Crippen molar-refractivity contribution < 1.29 is 4.79 Å². The van der Waals surface area contributed by atoms with Crippen LogP contribution in [0.4, 0.5) is 4.79 Å². The Bertz CT molecular complexity index is 632. The van der Waals surface area contributed by atoms with E-state index in [1.807, 2.05) is 30.4 Å². The van der Waals surface area contributed by atoms with E-state index in [4.69, 9.17) is 4.98 Å². The summed E-state index contributed by atoms with van der Waals surface area (Å²) >= 11 is 1.81. The number of hydrogen-bond acceptors (Lipinski definition) is 4. The zero-order valence-electron chi connectivity index (χ0n) is 13.3. The number of nitrogens with one attached hydrogen (secondary N) is 2. The van der Waals surface area contributed by atoms with E-state index in [0.717, 1.165) is 23.4 Å². The highest BCUT2D eigenvalue weighted by Gasteiger charge is 2.15. The van der Waals surface area contributed by atoms with Crippen LogP contribution in [0.5, 0.6) is 0 Å². The predicted octanol–water partition coefficient (Wildman–Crippen LogP) is 3.02. The molecule has 2 aromatic heterocycles. The highest BCUT2D eigenvalue weighted by Crippen LogP contribution is 2.26. The molecule has 6 heteroatoms. The SMILES string of the molecule is C[C@@H](NC(=O)NCCc1nc2c(s1)CCCC2)c1ccncc1. The molecule has 0 aromatic carbocycles. The molecule has 0 radical (unpaired) electrons. The van der Waals surface area contributed by atoms with E-state index in [0.29, 0.717) is 6.54 Å². The molecule has 0 fully saturated rings. The number of carbonyl (C=O) groups excluding carboxylic acids is 1. The third kappa shape index (κ3) is 4.28. The summed E-state index contributed by atoms with van der Waals surface area (Å²) in [6, 6.07) is 3.64. The van der Waals surface area contributed by atoms with Gasteiger partial charge in [0.2, 0.25) is 0 Å². The van der Waals surface area contributed by atoms with E-state index in [9.17, 15) is 4.79 Å². The molecule has 0 saturated carbocycles. The zero-order valence-corrected chi connectivity index (χ0v) is 14.2. The van der Waals surface area contributed by atoms with Gasteiger partial charge in [-0.2, -0.15) is 0 Å². The van der Waals surface area contributed by atoms with Crippen molar-refractivity contribution in [2.45, 2.75) is 45.1 Å². The van der Waals surface area contributed by atoms with Gasteiger partial charge >= 0.3 is 6.03 Å². The first-order chi connectivity index (χ1) is 11.2. The second kappa shape index (κ2) is 7.55. The quantitative estimate of drug-likeness (QED) is 0.885. The van der Waals surface area contributed by atoms with Gasteiger partial charge in [0, 0.05) is 30.2 Å². The molecule has 5 nitrogen and oxygen atoms in total. The molecule has 2 N–H and O–H groups in total. The number of thiazole rings is 1. The molecule has 2 heterocycles. The predicted molar refractivity (Wildman–Crippen MR) is 91.6 cm³/mol. The lowest BCUT2D eigenvalue weighted by molar-refractivity contribution is 0.238. The summed E-state index contributed by atoms with van der Waals surface area (Å²) in [6.45, 7) is 2.57. The molecule has 0 spiro atoms. The Balaban J connectivity index is 1.43. The third-order valence-corrected chi connectivity index (χ3v) is 5.29. The Morgan fingerprint density at radius 2 is 2.09 bits per heavy atom. The molecule has 2 aromatic rings. The number of rotatable bonds is 5. The lowest BCUT2D eigenvalue weighted by atomic mass is 10.0. The first-order valence-electron chi connectivity index (χ1n) is 8.14. The summed E-state index contributed by atoms with van der Waals surface area (Å²) < 4.78 is 0. The van der Waals surface area contributed by atoms with E-state index >= 15 is 0 Å². The zero-order chi connectivity index (χ0) is 16.1. The largest absolute Gasteiger partial charge is 0.338 e. The fourth-order valence-corrected chi connectivity index (χ4v) is 3.93. The number of hydrogen-bond donors (Lipinski definition) is 2. The third-order valence-electron chi connectivity index (χ3n) is 4.07. The highest BCUT2D eigenvalue weighted by molar-refractivity contribution is 7.11. The van der Waals surface area contributed by atoms with Crippen LogP contribution in [0.3, 0.4) is 0 Å². The molecule has 23 heavy (non-hydrogen) atoms. The van der Waals surface area contributed by atoms with Crippen molar-refractivity contribution in [3.8, 4) is 0 Å². The van der Waals surface area contributed by atoms with Crippen LogP contribution in [0.25, 0.3) is 0 Å². The van der Waals surface area contributed by atoms with Crippen LogP contribution in [0, 0.1) is 0 Å². The number of urea groups is 1. The number of aromatic nitrogens is 2. The molecule has 0 aliphatic heterocycles. The van der Waals surface area contributed by atoms with Gasteiger partial charge in [0.15, 0.2) is 0 Å². The number of amides is 2. The van der Waals surface area contributed by atoms with E-state index in [2.05, 4.69) is 15.6 Å². The topological polar surface area (TPSA) is 66.9 Å². The van der Waals surface area contributed by atoms with Gasteiger partial charge in [-0.15, -0.1) is 11.3 Å². The van der Waals surface area contributed by atoms with Crippen molar-refractivity contribution in [2.75, 3.05) is 6.54 Å². The molecule has 1 aliphatic rings. The summed E-state index contributed by atoms with van der Waals surface area (Å²) in [5.74, 6) is 0. The van der Waals surface area contributed by atoms with Gasteiger partial charge in [0.25, 0.3) is 0 Å². The van der Waals surface area contributed by atoms with Crippen LogP contribution in [0.15, 0.2) is 24.5 Å². The van der Waals surface area contributed by atoms with Crippen molar-refractivity contribution in [1.29, 1.82) is 0 Å². The van der Waals surface area contributed by atoms with Crippen LogP contribution in [0.1, 0.15) is 46.9 Å². The van der Waals surface area contributed by atoms with Crippen molar-refractivity contribution in [3.63, 3.8) is 0 Å². The number of fused-ring (bicyclic) bond motifs is 1. The summed E-state index contributed by atoms with van der Waals surface area (Å²) in [5.41, 5.74) is 2.33. The van der Waals surface area contributed by atoms with Crippen molar-refractivity contribution in [1.82, 2.24) is 20.6 Å². The summed E-state index contributed by atoms with van der Waals surface area (Å²) in [7, 11) is 0. The van der Waals surface area contributed by atoms with Crippen molar-refractivity contribution >= 4 is 17.4 Å². The number of nitrogens with zero attached hydrogens (tertiary/aromatic N) is 2. The van der Waals surface area contributed by atoms with E-state index in [1.54, 1.807) is 12.4 Å². The van der Waals surface area contributed by atoms with E-state index in [1.165, 1.54) is 29.8 Å². The number of carbonyl (C=O) groups is 1. The van der Waals surface area contributed by atoms with Crippen LogP contribution in [-0.2, 0) is 19.3 Å². The second-order valence-corrected chi connectivity index (χ2v) is 7.01. The van der Waals surface area contributed by atoms with Gasteiger partial charge in [0.1, 0.15) is 0 Å². The Morgan fingerprint density at radius 3 is 2.87 bits per heavy atom. The highest BCUT2D eigenvalue weighted by atomic mass is 32.1. The van der Waals surface area contributed by atoms with E-state index < -0.39 is 0 Å². The maximum Gasteiger partial charge on any atom is 0.315 e. The maximum atomic E-state index is 12.0. The van der Waals surface area contributed by atoms with Gasteiger partial charge in [-0.3, -0.25) is 4.98 Å². The van der Waals surface area contributed by atoms with Crippen LogP contribution < -0.4 is 10.6 Å². The molecular formula is C17H22N4OS. The molecular weight excluding hydrogens is 308 g/mol. The Morgan fingerprint density at radius 1 is 1.30 bits per heavy atom. The minimum Gasteiger partial charge on any atom is -0.338 e. The summed E-state index contributed by atoms with van der Waals surface area (Å²) in [6.07, 6.45) is 9.08. The Kier molecular flexibility index (Phi) is 5.23. The molecule has 2 amide bonds. The van der Waals surface area contributed by atoms with Gasteiger partial charge in [0.05, 0.1) is 16.7 Å². The second-order valence-electron chi connectivity index (χ2n) is 5.84. The van der Waals surface area contributed by atoms with Gasteiger partial charge in [-0.1, -0.05) is 0 Å². The molecule has 0 unspecified atom stereocenters. The standard InChI is InChI=1S/C17H22N4OS/c1-12(13-6-9-18-10-7-13)20-17(22)19-11-8-16-21-14-4-2-3-5-15(14)23-16/h6-7,9-10,12H,2-5,8,11H2,1H3,(H2,19,20,22)/t12-/m1/s1. The minimum absolute atomic E-state index is 0.0369. The lowest BCUT2D eigenvalue weighted by Gasteiger charge is -2.14. The molecule has 1 atom stereocenters. The Hall–Kier alpha value is -1.95. The molecule has 0 bridgehead atoms. The smallest absolute Gasteiger partial charge is 0.315 e. The molecule has 1 aliphatic carbocycles. The van der Waals surface area contributed by atoms with Gasteiger partial charge in [-0.05, 0) is 50.3 Å². The van der Waals surface area contributed by atoms with Crippen LogP contribution >= 0.6 is 11.3 Å². The Labute approximate surface area is 140 Å². The van der Waals surface area contributed by atoms with Gasteiger partial charge in [-0.25, -0.2) is 9.78 Å². The maximum absolute atomic E-state index is 12.0. The van der Waals surface area contributed by atoms with Crippen molar-refractivity contribution in [3.05, 3.63) is 45.7 Å². The van der Waals surface area contributed by atoms with Crippen LogP contribution in [0.2, 0.25) is 0 Å². The molecule has 3 rings (SSSR count). The van der Waals surface area contributed by atoms with Gasteiger partial charge < -0.3 is 10.6 Å². The number of pyridine rings is 1. The first-order valence-corrected chi connectivity index (χ1v) is 8.96. The van der Waals surface area contributed by atoms with E-state index in [-0.39, 0.29) is 12.1 Å². The normalized spacial score (nSPS) is 14.8. The fourth-order valence-electron chi connectivity index (χ4n) is 2.78. The fraction of sp³-hybridized carbons (Fsp3) is 0.471. The monoisotopic (exact) mass is 330 g/mol. The lowest BCUT2D eigenvalue weighted by Crippen LogP contribution is -2.38. The molecule has 122 valence electrons. The minimum atomic E-state index is -0.143. The number of aryl methyl sites for hydroxylation is 2. The van der Waals surface area contributed by atoms with Crippen LogP contribution in [-0.4, -0.2) is 22.5 Å². The molecule has 0 saturated heterocycles. The summed E-state index contributed by atoms with van der Waals surface area (Å²) in [4.78, 5) is 22.1.